The summed E-state index contributed by atoms with van der Waals surface area (Å²) < 4.78 is 12.2. The molecule has 2 bridgehead atoms. The van der Waals surface area contributed by atoms with Crippen LogP contribution in [-0.4, -0.2) is 23.3 Å². The third-order valence-electron chi connectivity index (χ3n) is 8.01. The van der Waals surface area contributed by atoms with Gasteiger partial charge in [0.05, 0.1) is 13.2 Å². The quantitative estimate of drug-likeness (QED) is 0.678. The Morgan fingerprint density at radius 1 is 1.00 bits per heavy atom. The first-order chi connectivity index (χ1) is 15.2. The molecule has 3 saturated carbocycles. The summed E-state index contributed by atoms with van der Waals surface area (Å²) in [4.78, 5) is 13.1. The van der Waals surface area contributed by atoms with Crippen molar-refractivity contribution in [3.05, 3.63) is 47.2 Å². The van der Waals surface area contributed by atoms with Gasteiger partial charge in [-0.15, -0.1) is 0 Å². The molecule has 3 aliphatic carbocycles. The van der Waals surface area contributed by atoms with E-state index in [0.717, 1.165) is 29.9 Å². The second-order valence-electron chi connectivity index (χ2n) is 10.1. The van der Waals surface area contributed by atoms with Crippen molar-refractivity contribution < 1.29 is 19.4 Å². The second kappa shape index (κ2) is 9.33. The van der Waals surface area contributed by atoms with E-state index >= 15 is 0 Å². The summed E-state index contributed by atoms with van der Waals surface area (Å²) in [5.74, 6) is 2.84. The number of amides is 1. The zero-order valence-corrected chi connectivity index (χ0v) is 18.3. The van der Waals surface area contributed by atoms with Crippen LogP contribution in [0.5, 0.6) is 0 Å². The van der Waals surface area contributed by atoms with Crippen LogP contribution >= 0.6 is 0 Å². The summed E-state index contributed by atoms with van der Waals surface area (Å²) in [7, 11) is 0. The Bertz CT molecular complexity index is 798. The molecular formula is C26H35NO4. The lowest BCUT2D eigenvalue weighted by molar-refractivity contribution is -0.155. The molecule has 5 atom stereocenters. The summed E-state index contributed by atoms with van der Waals surface area (Å²) >= 11 is 0. The van der Waals surface area contributed by atoms with Crippen LogP contribution in [0.1, 0.15) is 68.9 Å². The van der Waals surface area contributed by atoms with Gasteiger partial charge >= 0.3 is 0 Å². The number of fused-ring (bicyclic) bond motifs is 2. The van der Waals surface area contributed by atoms with E-state index in [2.05, 4.69) is 11.4 Å². The highest BCUT2D eigenvalue weighted by Gasteiger charge is 2.41. The maximum atomic E-state index is 13.1. The van der Waals surface area contributed by atoms with Crippen LogP contribution in [0.4, 0.5) is 0 Å². The SMILES string of the molecule is O=C(NC1CC2CCC1C2)C1=C[C@@H](C2CCCC2)C[C@@H](OCc2ccc(CO)cc2)O1. The number of hydrogen-bond donors (Lipinski definition) is 2. The van der Waals surface area contributed by atoms with Gasteiger partial charge in [-0.2, -0.15) is 0 Å². The van der Waals surface area contributed by atoms with E-state index < -0.39 is 6.29 Å². The minimum Gasteiger partial charge on any atom is -0.459 e. The first-order valence-corrected chi connectivity index (χ1v) is 12.2. The minimum atomic E-state index is -0.395. The number of aliphatic hydroxyl groups is 1. The summed E-state index contributed by atoms with van der Waals surface area (Å²) in [6, 6.07) is 8.08. The van der Waals surface area contributed by atoms with E-state index in [4.69, 9.17) is 9.47 Å². The van der Waals surface area contributed by atoms with Crippen molar-refractivity contribution in [2.24, 2.45) is 23.7 Å². The zero-order chi connectivity index (χ0) is 21.2. The van der Waals surface area contributed by atoms with Gasteiger partial charge < -0.3 is 19.9 Å². The number of aliphatic hydroxyl groups excluding tert-OH is 1. The van der Waals surface area contributed by atoms with E-state index in [9.17, 15) is 9.90 Å². The molecule has 5 rings (SSSR count). The topological polar surface area (TPSA) is 67.8 Å². The second-order valence-corrected chi connectivity index (χ2v) is 10.1. The number of hydrogen-bond acceptors (Lipinski definition) is 4. The maximum absolute atomic E-state index is 13.1. The van der Waals surface area contributed by atoms with Crippen LogP contribution in [0.15, 0.2) is 36.1 Å². The fraction of sp³-hybridized carbons (Fsp3) is 0.654. The molecule has 1 aromatic rings. The fourth-order valence-electron chi connectivity index (χ4n) is 6.25. The Hall–Kier alpha value is -1.85. The fourth-order valence-corrected chi connectivity index (χ4v) is 6.25. The highest BCUT2D eigenvalue weighted by Crippen LogP contribution is 2.44. The largest absolute Gasteiger partial charge is 0.459 e. The summed E-state index contributed by atoms with van der Waals surface area (Å²) in [5.41, 5.74) is 1.93. The monoisotopic (exact) mass is 425 g/mol. The molecule has 1 amide bonds. The van der Waals surface area contributed by atoms with Gasteiger partial charge in [0.1, 0.15) is 0 Å². The van der Waals surface area contributed by atoms with E-state index in [-0.39, 0.29) is 12.5 Å². The predicted octanol–water partition coefficient (Wildman–Crippen LogP) is 4.44. The molecule has 5 heteroatoms. The number of benzene rings is 1. The van der Waals surface area contributed by atoms with Crippen LogP contribution in [-0.2, 0) is 27.5 Å². The predicted molar refractivity (Wildman–Crippen MR) is 118 cm³/mol. The summed E-state index contributed by atoms with van der Waals surface area (Å²) in [5, 5.41) is 12.5. The molecule has 1 aliphatic heterocycles. The normalized spacial score (nSPS) is 32.7. The van der Waals surface area contributed by atoms with Crippen LogP contribution in [0, 0.1) is 23.7 Å². The lowest BCUT2D eigenvalue weighted by Gasteiger charge is -2.33. The highest BCUT2D eigenvalue weighted by atomic mass is 16.7. The third-order valence-corrected chi connectivity index (χ3v) is 8.01. The molecule has 5 nitrogen and oxygen atoms in total. The van der Waals surface area contributed by atoms with Crippen LogP contribution in [0.3, 0.4) is 0 Å². The average molecular weight is 426 g/mol. The molecule has 3 fully saturated rings. The van der Waals surface area contributed by atoms with Gasteiger partial charge in [-0.25, -0.2) is 0 Å². The molecule has 4 aliphatic rings. The number of ether oxygens (including phenoxy) is 2. The molecular weight excluding hydrogens is 390 g/mol. The first kappa shape index (κ1) is 21.0. The van der Waals surface area contributed by atoms with Crippen molar-refractivity contribution in [1.29, 1.82) is 0 Å². The molecule has 0 radical (unpaired) electrons. The van der Waals surface area contributed by atoms with Gasteiger partial charge in [-0.3, -0.25) is 4.79 Å². The number of allylic oxidation sites excluding steroid dienone is 1. The lowest BCUT2D eigenvalue weighted by Crippen LogP contribution is -2.41. The van der Waals surface area contributed by atoms with E-state index in [1.165, 1.54) is 44.9 Å². The Labute approximate surface area is 185 Å². The molecule has 1 heterocycles. The smallest absolute Gasteiger partial charge is 0.286 e. The lowest BCUT2D eigenvalue weighted by atomic mass is 9.86. The molecule has 2 N–H and O–H groups in total. The van der Waals surface area contributed by atoms with Crippen molar-refractivity contribution in [3.63, 3.8) is 0 Å². The van der Waals surface area contributed by atoms with E-state index in [1.807, 2.05) is 24.3 Å². The molecule has 0 spiro atoms. The van der Waals surface area contributed by atoms with Crippen molar-refractivity contribution in [2.75, 3.05) is 0 Å². The molecule has 1 aromatic carbocycles. The molecule has 3 unspecified atom stereocenters. The van der Waals surface area contributed by atoms with E-state index in [1.54, 1.807) is 0 Å². The number of nitrogens with one attached hydrogen (secondary N) is 1. The van der Waals surface area contributed by atoms with Gasteiger partial charge in [0.15, 0.2) is 5.76 Å². The number of rotatable bonds is 7. The standard InChI is InChI=1S/C26H35NO4/c28-15-17-5-7-18(8-6-17)16-30-25-14-22(20-3-1-2-4-20)13-24(31-25)26(29)27-23-12-19-9-10-21(23)11-19/h5-8,13,19-23,25,28H,1-4,9-12,14-16H2,(H,27,29)/t19?,21?,22-,23?,25+/m1/s1. The number of carbonyl (C=O) groups is 1. The van der Waals surface area contributed by atoms with Gasteiger partial charge in [-0.05, 0) is 73.0 Å². The molecule has 168 valence electrons. The van der Waals surface area contributed by atoms with Crippen LogP contribution in [0.25, 0.3) is 0 Å². The van der Waals surface area contributed by atoms with Crippen LogP contribution in [0.2, 0.25) is 0 Å². The molecule has 0 aromatic heterocycles. The third kappa shape index (κ3) is 4.83. The molecule has 31 heavy (non-hydrogen) atoms. The van der Waals surface area contributed by atoms with Crippen molar-refractivity contribution in [3.8, 4) is 0 Å². The zero-order valence-electron chi connectivity index (χ0n) is 18.3. The molecule has 0 saturated heterocycles. The minimum absolute atomic E-state index is 0.0435. The Morgan fingerprint density at radius 3 is 2.45 bits per heavy atom. The van der Waals surface area contributed by atoms with Crippen LogP contribution < -0.4 is 5.32 Å². The van der Waals surface area contributed by atoms with Gasteiger partial charge in [0.25, 0.3) is 5.91 Å². The van der Waals surface area contributed by atoms with E-state index in [0.29, 0.717) is 36.2 Å². The average Bonchev–Trinajstić information content (AvgIpc) is 3.56. The van der Waals surface area contributed by atoms with Crippen molar-refractivity contribution in [2.45, 2.75) is 83.3 Å². The Morgan fingerprint density at radius 2 is 1.77 bits per heavy atom. The van der Waals surface area contributed by atoms with Gasteiger partial charge in [0, 0.05) is 12.5 Å². The highest BCUT2D eigenvalue weighted by molar-refractivity contribution is 5.91. The first-order valence-electron chi connectivity index (χ1n) is 12.2. The maximum Gasteiger partial charge on any atom is 0.286 e. The Kier molecular flexibility index (Phi) is 6.33. The van der Waals surface area contributed by atoms with Crippen molar-refractivity contribution in [1.82, 2.24) is 5.32 Å². The van der Waals surface area contributed by atoms with Gasteiger partial charge in [0.2, 0.25) is 6.29 Å². The van der Waals surface area contributed by atoms with Crippen molar-refractivity contribution >= 4 is 5.91 Å². The van der Waals surface area contributed by atoms with Gasteiger partial charge in [-0.1, -0.05) is 43.5 Å². The summed E-state index contributed by atoms with van der Waals surface area (Å²) in [6.45, 7) is 0.483. The summed E-state index contributed by atoms with van der Waals surface area (Å²) in [6.07, 6.45) is 12.5. The number of carbonyl (C=O) groups excluding carboxylic acids is 1. The Balaban J connectivity index is 1.23.